The van der Waals surface area contributed by atoms with Crippen molar-refractivity contribution in [2.24, 2.45) is 5.92 Å². The Bertz CT molecular complexity index is 989. The predicted molar refractivity (Wildman–Crippen MR) is 123 cm³/mol. The van der Waals surface area contributed by atoms with Crippen molar-refractivity contribution in [3.8, 4) is 11.1 Å². The highest BCUT2D eigenvalue weighted by molar-refractivity contribution is 5.69. The second-order valence-electron chi connectivity index (χ2n) is 7.70. The Morgan fingerprint density at radius 1 is 1.07 bits per heavy atom. The number of hydrogen-bond acceptors (Lipinski definition) is 5. The molecule has 0 unspecified atom stereocenters. The van der Waals surface area contributed by atoms with Gasteiger partial charge in [-0.05, 0) is 42.0 Å². The van der Waals surface area contributed by atoms with Gasteiger partial charge in [-0.25, -0.2) is 9.37 Å². The monoisotopic (exact) mass is 407 g/mol. The standard InChI is InChI=1S/C24H30FN5/c1-4-8-16(2)13-28-24-29-15-22(26)23(30-24)27-14-18-9-7-11-19(17(18)3)20-10-5-6-12-21(20)25/h5-7,9-12,15-16H,4,8,13-14,26H2,1-3H3,(H2,27,28,29,30)/t16-/m0/s1. The van der Waals surface area contributed by atoms with Crippen molar-refractivity contribution in [1.29, 1.82) is 0 Å². The molecular formula is C24H30FN5. The lowest BCUT2D eigenvalue weighted by Gasteiger charge is -2.15. The molecule has 1 heterocycles. The van der Waals surface area contributed by atoms with Crippen LogP contribution in [0.3, 0.4) is 0 Å². The molecule has 0 saturated carbocycles. The summed E-state index contributed by atoms with van der Waals surface area (Å²) in [5, 5.41) is 6.59. The van der Waals surface area contributed by atoms with Crippen LogP contribution in [0.2, 0.25) is 0 Å². The number of benzene rings is 2. The van der Waals surface area contributed by atoms with Crippen LogP contribution in [-0.2, 0) is 6.54 Å². The first-order valence-corrected chi connectivity index (χ1v) is 10.4. The lowest BCUT2D eigenvalue weighted by Crippen LogP contribution is -2.14. The molecule has 6 heteroatoms. The summed E-state index contributed by atoms with van der Waals surface area (Å²) in [7, 11) is 0. The van der Waals surface area contributed by atoms with Gasteiger partial charge in [-0.2, -0.15) is 4.98 Å². The molecule has 0 bridgehead atoms. The normalized spacial score (nSPS) is 11.9. The molecule has 0 amide bonds. The average Bonchev–Trinajstić information content (AvgIpc) is 2.74. The van der Waals surface area contributed by atoms with Crippen LogP contribution in [0.25, 0.3) is 11.1 Å². The van der Waals surface area contributed by atoms with Crippen LogP contribution < -0.4 is 16.4 Å². The van der Waals surface area contributed by atoms with E-state index in [1.54, 1.807) is 18.3 Å². The molecule has 0 fully saturated rings. The zero-order chi connectivity index (χ0) is 21.5. The zero-order valence-electron chi connectivity index (χ0n) is 17.9. The van der Waals surface area contributed by atoms with Crippen molar-refractivity contribution in [2.45, 2.75) is 40.2 Å². The van der Waals surface area contributed by atoms with E-state index in [9.17, 15) is 4.39 Å². The van der Waals surface area contributed by atoms with Crippen LogP contribution in [0, 0.1) is 18.7 Å². The number of nitrogen functional groups attached to an aromatic ring is 1. The molecule has 5 nitrogen and oxygen atoms in total. The second-order valence-corrected chi connectivity index (χ2v) is 7.70. The van der Waals surface area contributed by atoms with E-state index < -0.39 is 0 Å². The average molecular weight is 408 g/mol. The molecule has 158 valence electrons. The summed E-state index contributed by atoms with van der Waals surface area (Å²) in [5.41, 5.74) is 10.1. The maximum atomic E-state index is 14.3. The van der Waals surface area contributed by atoms with Gasteiger partial charge in [0.1, 0.15) is 5.82 Å². The fourth-order valence-corrected chi connectivity index (χ4v) is 3.50. The minimum Gasteiger partial charge on any atom is -0.394 e. The number of anilines is 3. The topological polar surface area (TPSA) is 75.9 Å². The molecule has 1 atom stereocenters. The van der Waals surface area contributed by atoms with Crippen LogP contribution >= 0.6 is 0 Å². The Labute approximate surface area is 178 Å². The summed E-state index contributed by atoms with van der Waals surface area (Å²) in [5.74, 6) is 1.48. The molecule has 3 aromatic rings. The van der Waals surface area contributed by atoms with Gasteiger partial charge in [0, 0.05) is 18.7 Å². The lowest BCUT2D eigenvalue weighted by atomic mass is 9.96. The van der Waals surface area contributed by atoms with Crippen LogP contribution in [0.1, 0.15) is 37.8 Å². The summed E-state index contributed by atoms with van der Waals surface area (Å²) in [6, 6.07) is 12.7. The van der Waals surface area contributed by atoms with Gasteiger partial charge in [-0.15, -0.1) is 0 Å². The minimum absolute atomic E-state index is 0.223. The van der Waals surface area contributed by atoms with Crippen LogP contribution in [0.4, 0.5) is 21.8 Å². The molecule has 4 N–H and O–H groups in total. The van der Waals surface area contributed by atoms with Crippen molar-refractivity contribution in [3.63, 3.8) is 0 Å². The smallest absolute Gasteiger partial charge is 0.224 e. The molecular weight excluding hydrogens is 377 g/mol. The van der Waals surface area contributed by atoms with E-state index in [0.29, 0.717) is 35.5 Å². The third-order valence-corrected chi connectivity index (χ3v) is 5.26. The summed E-state index contributed by atoms with van der Waals surface area (Å²) < 4.78 is 14.3. The summed E-state index contributed by atoms with van der Waals surface area (Å²) in [6.07, 6.45) is 3.93. The maximum Gasteiger partial charge on any atom is 0.224 e. The van der Waals surface area contributed by atoms with Gasteiger partial charge in [-0.3, -0.25) is 0 Å². The molecule has 0 saturated heterocycles. The van der Waals surface area contributed by atoms with Crippen molar-refractivity contribution in [3.05, 3.63) is 65.6 Å². The molecule has 0 aliphatic rings. The molecule has 0 spiro atoms. The maximum absolute atomic E-state index is 14.3. The molecule has 0 radical (unpaired) electrons. The highest BCUT2D eigenvalue weighted by Crippen LogP contribution is 2.28. The van der Waals surface area contributed by atoms with Gasteiger partial charge >= 0.3 is 0 Å². The van der Waals surface area contributed by atoms with Gasteiger partial charge in [0.15, 0.2) is 5.82 Å². The van der Waals surface area contributed by atoms with Crippen molar-refractivity contribution >= 4 is 17.5 Å². The van der Waals surface area contributed by atoms with Crippen LogP contribution in [-0.4, -0.2) is 16.5 Å². The zero-order valence-corrected chi connectivity index (χ0v) is 17.9. The molecule has 2 aromatic carbocycles. The molecule has 3 rings (SSSR count). The third-order valence-electron chi connectivity index (χ3n) is 5.26. The first-order valence-electron chi connectivity index (χ1n) is 10.4. The third kappa shape index (κ3) is 5.26. The van der Waals surface area contributed by atoms with Crippen molar-refractivity contribution < 1.29 is 4.39 Å². The van der Waals surface area contributed by atoms with Crippen molar-refractivity contribution in [1.82, 2.24) is 9.97 Å². The Balaban J connectivity index is 1.73. The fourth-order valence-electron chi connectivity index (χ4n) is 3.50. The van der Waals surface area contributed by atoms with Crippen LogP contribution in [0.15, 0.2) is 48.7 Å². The van der Waals surface area contributed by atoms with E-state index in [-0.39, 0.29) is 5.82 Å². The number of hydrogen-bond donors (Lipinski definition) is 3. The first kappa shape index (κ1) is 21.6. The summed E-state index contributed by atoms with van der Waals surface area (Å²) in [6.45, 7) is 7.74. The number of nitrogens with two attached hydrogens (primary N) is 1. The second kappa shape index (κ2) is 10.1. The number of aromatic nitrogens is 2. The Morgan fingerprint density at radius 2 is 1.83 bits per heavy atom. The van der Waals surface area contributed by atoms with Gasteiger partial charge in [0.2, 0.25) is 5.95 Å². The highest BCUT2D eigenvalue weighted by Gasteiger charge is 2.11. The Morgan fingerprint density at radius 3 is 2.60 bits per heavy atom. The summed E-state index contributed by atoms with van der Waals surface area (Å²) >= 11 is 0. The Hall–Kier alpha value is -3.15. The van der Waals surface area contributed by atoms with Gasteiger partial charge < -0.3 is 16.4 Å². The van der Waals surface area contributed by atoms with Crippen LogP contribution in [0.5, 0.6) is 0 Å². The van der Waals surface area contributed by atoms with Crippen molar-refractivity contribution in [2.75, 3.05) is 22.9 Å². The van der Waals surface area contributed by atoms with E-state index in [4.69, 9.17) is 5.73 Å². The van der Waals surface area contributed by atoms with Gasteiger partial charge in [-0.1, -0.05) is 56.7 Å². The summed E-state index contributed by atoms with van der Waals surface area (Å²) in [4.78, 5) is 8.80. The first-order chi connectivity index (χ1) is 14.5. The van der Waals surface area contributed by atoms with E-state index in [1.165, 1.54) is 6.07 Å². The Kier molecular flexibility index (Phi) is 7.22. The number of nitrogens with one attached hydrogen (secondary N) is 2. The van der Waals surface area contributed by atoms with Gasteiger partial charge in [0.05, 0.1) is 11.9 Å². The van der Waals surface area contributed by atoms with E-state index in [0.717, 1.165) is 36.1 Å². The number of nitrogens with zero attached hydrogens (tertiary/aromatic N) is 2. The lowest BCUT2D eigenvalue weighted by molar-refractivity contribution is 0.549. The minimum atomic E-state index is -0.223. The largest absolute Gasteiger partial charge is 0.394 e. The molecule has 1 aromatic heterocycles. The predicted octanol–water partition coefficient (Wildman–Crippen LogP) is 5.63. The van der Waals surface area contributed by atoms with Gasteiger partial charge in [0.25, 0.3) is 0 Å². The molecule has 0 aliphatic heterocycles. The van der Waals surface area contributed by atoms with E-state index >= 15 is 0 Å². The molecule has 30 heavy (non-hydrogen) atoms. The van der Waals surface area contributed by atoms with E-state index in [2.05, 4.69) is 34.4 Å². The highest BCUT2D eigenvalue weighted by atomic mass is 19.1. The molecule has 0 aliphatic carbocycles. The van der Waals surface area contributed by atoms with E-state index in [1.807, 2.05) is 31.2 Å². The quantitative estimate of drug-likeness (QED) is 0.428. The number of halogens is 1. The fraction of sp³-hybridized carbons (Fsp3) is 0.333. The number of rotatable bonds is 9. The SMILES string of the molecule is CCC[C@H](C)CNc1ncc(N)c(NCc2cccc(-c3ccccc3F)c2C)n1.